The predicted octanol–water partition coefficient (Wildman–Crippen LogP) is 7.71. The molecule has 146 valence electrons. The van der Waals surface area contributed by atoms with E-state index in [0.29, 0.717) is 0 Å². The Labute approximate surface area is 176 Å². The summed E-state index contributed by atoms with van der Waals surface area (Å²) >= 11 is 1.41. The number of unbranched alkanes of at least 4 members (excludes halogenated alkanes) is 17. The van der Waals surface area contributed by atoms with E-state index in [0.717, 1.165) is 6.92 Å². The van der Waals surface area contributed by atoms with Crippen LogP contribution >= 0.6 is 0 Å². The van der Waals surface area contributed by atoms with E-state index in [-0.39, 0.29) is 0 Å². The average Bonchev–Trinajstić information content (AvgIpc) is 2.57. The fraction of sp³-hybridized carbons (Fsp3) is 0.955. The van der Waals surface area contributed by atoms with Crippen molar-refractivity contribution in [2.75, 3.05) is 0 Å². The zero-order valence-corrected chi connectivity index (χ0v) is 19.8. The maximum absolute atomic E-state index is 9.00. The van der Waals surface area contributed by atoms with Crippen LogP contribution in [0.1, 0.15) is 129 Å². The second-order valence-electron chi connectivity index (χ2n) is 7.53. The molecule has 0 aromatic carbocycles. The van der Waals surface area contributed by atoms with Crippen molar-refractivity contribution in [1.82, 2.24) is 0 Å². The van der Waals surface area contributed by atoms with Crippen LogP contribution in [0.5, 0.6) is 0 Å². The second kappa shape index (κ2) is 26.7. The molecule has 0 rings (SSSR count). The first-order chi connectivity index (χ1) is 12.1. The van der Waals surface area contributed by atoms with Crippen molar-refractivity contribution < 1.29 is 9.90 Å². The van der Waals surface area contributed by atoms with Crippen molar-refractivity contribution >= 4 is 33.9 Å². The Bertz CT molecular complexity index is 222. The molecule has 0 fully saturated rings. The van der Waals surface area contributed by atoms with Crippen LogP contribution in [0.25, 0.3) is 0 Å². The molecule has 25 heavy (non-hydrogen) atoms. The summed E-state index contributed by atoms with van der Waals surface area (Å²) in [5.41, 5.74) is 0. The molecule has 1 N–H and O–H groups in total. The summed E-state index contributed by atoms with van der Waals surface area (Å²) in [6, 6.07) is 0. The molecule has 0 spiro atoms. The van der Waals surface area contributed by atoms with Crippen molar-refractivity contribution in [1.29, 1.82) is 0 Å². The summed E-state index contributed by atoms with van der Waals surface area (Å²) in [5, 5.41) is 7.42. The predicted molar refractivity (Wildman–Crippen MR) is 113 cm³/mol. The van der Waals surface area contributed by atoms with Gasteiger partial charge in [-0.3, -0.25) is 4.79 Å². The molecule has 0 heterocycles. The van der Waals surface area contributed by atoms with E-state index in [4.69, 9.17) is 9.90 Å². The van der Waals surface area contributed by atoms with Crippen molar-refractivity contribution in [3.05, 3.63) is 0 Å². The van der Waals surface area contributed by atoms with Crippen LogP contribution in [0.3, 0.4) is 0 Å². The normalized spacial score (nSPS) is 10.4. The van der Waals surface area contributed by atoms with Crippen molar-refractivity contribution in [3.8, 4) is 0 Å². The van der Waals surface area contributed by atoms with Gasteiger partial charge in [0, 0.05) is 6.92 Å². The molecule has 0 bridgehead atoms. The summed E-state index contributed by atoms with van der Waals surface area (Å²) in [6.45, 7) is 3.38. The summed E-state index contributed by atoms with van der Waals surface area (Å²) in [7, 11) is 0. The van der Waals surface area contributed by atoms with Crippen LogP contribution in [0.2, 0.25) is 3.67 Å². The van der Waals surface area contributed by atoms with Gasteiger partial charge in [-0.05, 0) is 0 Å². The number of carboxylic acids is 1. The van der Waals surface area contributed by atoms with Crippen molar-refractivity contribution in [2.24, 2.45) is 0 Å². The second-order valence-corrected chi connectivity index (χ2v) is 8.53. The van der Waals surface area contributed by atoms with Crippen molar-refractivity contribution in [2.45, 2.75) is 133 Å². The van der Waals surface area contributed by atoms with Crippen LogP contribution in [0, 0.1) is 0 Å². The minimum absolute atomic E-state index is 0.833. The molecule has 0 unspecified atom stereocenters. The fourth-order valence-corrected chi connectivity index (χ4v) is 3.65. The van der Waals surface area contributed by atoms with E-state index in [1.807, 2.05) is 0 Å². The molecule has 0 aliphatic carbocycles. The molecule has 3 heteroatoms. The Morgan fingerprint density at radius 1 is 0.600 bits per heavy atom. The molecule has 2 nitrogen and oxygen atoms in total. The van der Waals surface area contributed by atoms with E-state index in [9.17, 15) is 0 Å². The first-order valence-electron chi connectivity index (χ1n) is 11.3. The summed E-state index contributed by atoms with van der Waals surface area (Å²) < 4.78 is 1.51. The molecule has 0 aromatic heterocycles. The Hall–Kier alpha value is 0.470. The van der Waals surface area contributed by atoms with E-state index in [1.165, 1.54) is 147 Å². The number of aliphatic carboxylic acids is 1. The van der Waals surface area contributed by atoms with Crippen LogP contribution in [0.15, 0.2) is 0 Å². The Morgan fingerprint density at radius 2 is 0.800 bits per heavy atom. The first-order valence-corrected chi connectivity index (χ1v) is 12.8. The molecule has 0 saturated carbocycles. The van der Waals surface area contributed by atoms with Crippen molar-refractivity contribution in [3.63, 3.8) is 0 Å². The van der Waals surface area contributed by atoms with E-state index in [2.05, 4.69) is 6.92 Å². The van der Waals surface area contributed by atoms with Gasteiger partial charge in [0.2, 0.25) is 0 Å². The van der Waals surface area contributed by atoms with Crippen LogP contribution in [-0.4, -0.2) is 39.0 Å². The van der Waals surface area contributed by atoms with Gasteiger partial charge in [-0.25, -0.2) is 0 Å². The monoisotopic (exact) mass is 364 g/mol. The zero-order chi connectivity index (χ0) is 19.0. The third-order valence-electron chi connectivity index (χ3n) is 4.71. The summed E-state index contributed by atoms with van der Waals surface area (Å²) in [5.74, 6) is -0.833. The molecule has 0 aliphatic heterocycles. The molecular formula is C22H45NaO2. The van der Waals surface area contributed by atoms with Crippen LogP contribution in [-0.2, 0) is 4.79 Å². The Morgan fingerprint density at radius 3 is 1.00 bits per heavy atom. The van der Waals surface area contributed by atoms with E-state index < -0.39 is 5.97 Å². The van der Waals surface area contributed by atoms with Gasteiger partial charge < -0.3 is 5.11 Å². The van der Waals surface area contributed by atoms with Gasteiger partial charge in [0.25, 0.3) is 5.97 Å². The van der Waals surface area contributed by atoms with Gasteiger partial charge in [0.15, 0.2) is 0 Å². The average molecular weight is 365 g/mol. The van der Waals surface area contributed by atoms with E-state index >= 15 is 0 Å². The van der Waals surface area contributed by atoms with Crippen LogP contribution in [0.4, 0.5) is 0 Å². The molecule has 0 atom stereocenters. The summed E-state index contributed by atoms with van der Waals surface area (Å²) in [4.78, 5) is 9.00. The quantitative estimate of drug-likeness (QED) is 0.200. The standard InChI is InChI=1S/C20H41.C2H4O2.Na/c1-3-5-7-9-11-13-15-17-19-20-18-16-14-12-10-8-6-4-2;1-2(3)4;/h1,3-20H2,2H3;1H3,(H,3,4);. The van der Waals surface area contributed by atoms with Gasteiger partial charge in [0.1, 0.15) is 0 Å². The topological polar surface area (TPSA) is 37.3 Å². The van der Waals surface area contributed by atoms with Gasteiger partial charge in [-0.2, -0.15) is 0 Å². The van der Waals surface area contributed by atoms with Gasteiger partial charge >= 0.3 is 102 Å². The maximum atomic E-state index is 9.00. The van der Waals surface area contributed by atoms with Crippen LogP contribution < -0.4 is 0 Å². The van der Waals surface area contributed by atoms with E-state index in [1.54, 1.807) is 0 Å². The molecule has 0 radical (unpaired) electrons. The van der Waals surface area contributed by atoms with Gasteiger partial charge in [-0.1, -0.05) is 51.9 Å². The third kappa shape index (κ3) is 36.2. The molecular weight excluding hydrogens is 319 g/mol. The number of hydrogen-bond donors (Lipinski definition) is 1. The Balaban J connectivity index is 0. The van der Waals surface area contributed by atoms with Gasteiger partial charge in [0.05, 0.1) is 0 Å². The molecule has 0 aliphatic rings. The molecule has 0 amide bonds. The molecule has 0 saturated heterocycles. The molecule has 0 aromatic rings. The van der Waals surface area contributed by atoms with Gasteiger partial charge in [-0.15, -0.1) is 0 Å². The number of hydrogen-bond acceptors (Lipinski definition) is 1. The zero-order valence-electron chi connectivity index (χ0n) is 17.8. The minimum atomic E-state index is -0.833. The summed E-state index contributed by atoms with van der Waals surface area (Å²) in [6.07, 6.45) is 26.7. The number of carboxylic acid groups (broad SMARTS) is 1. The number of rotatable bonds is 18. The third-order valence-corrected chi connectivity index (χ3v) is 5.41. The fourth-order valence-electron chi connectivity index (χ4n) is 3.15. The SMILES string of the molecule is CC(=O)O.CCCCCCCCCCCCCCCCCCC[CH2][Na]. The Kier molecular flexibility index (Phi) is 29.6. The number of carbonyl (C=O) groups is 1. The first kappa shape index (κ1) is 27.7.